The summed E-state index contributed by atoms with van der Waals surface area (Å²) in [6.45, 7) is 3.04. The van der Waals surface area contributed by atoms with E-state index in [0.717, 1.165) is 25.0 Å². The number of carbonyl (C=O) groups is 2. The van der Waals surface area contributed by atoms with Gasteiger partial charge in [-0.1, -0.05) is 11.6 Å². The van der Waals surface area contributed by atoms with Gasteiger partial charge in [0.1, 0.15) is 5.69 Å². The lowest BCUT2D eigenvalue weighted by Gasteiger charge is -2.11. The highest BCUT2D eigenvalue weighted by Crippen LogP contribution is 2.20. The topological polar surface area (TPSA) is 80.3 Å². The first-order valence-corrected chi connectivity index (χ1v) is 8.84. The number of rotatable bonds is 5. The van der Waals surface area contributed by atoms with Gasteiger partial charge >= 0.3 is 0 Å². The lowest BCUT2D eigenvalue weighted by molar-refractivity contribution is 0.0853. The van der Waals surface area contributed by atoms with Crippen LogP contribution in [0.15, 0.2) is 36.5 Å². The van der Waals surface area contributed by atoms with E-state index >= 15 is 0 Å². The van der Waals surface area contributed by atoms with Crippen LogP contribution >= 0.6 is 11.6 Å². The molecule has 1 aliphatic rings. The first kappa shape index (κ1) is 18.4. The summed E-state index contributed by atoms with van der Waals surface area (Å²) >= 11 is 5.93. The highest BCUT2D eigenvalue weighted by atomic mass is 35.5. The largest absolute Gasteiger partial charge is 0.376 e. The van der Waals surface area contributed by atoms with Crippen LogP contribution in [0, 0.1) is 6.92 Å². The van der Waals surface area contributed by atoms with Gasteiger partial charge < -0.3 is 15.4 Å². The van der Waals surface area contributed by atoms with Crippen LogP contribution in [0.2, 0.25) is 5.02 Å². The second kappa shape index (κ2) is 8.29. The summed E-state index contributed by atoms with van der Waals surface area (Å²) in [6, 6.07) is 8.27. The second-order valence-corrected chi connectivity index (χ2v) is 6.62. The van der Waals surface area contributed by atoms with Crippen LogP contribution in [-0.2, 0) is 4.74 Å². The van der Waals surface area contributed by atoms with E-state index < -0.39 is 0 Å². The molecule has 26 heavy (non-hydrogen) atoms. The highest BCUT2D eigenvalue weighted by Gasteiger charge is 2.18. The Hall–Kier alpha value is -2.44. The van der Waals surface area contributed by atoms with Gasteiger partial charge in [-0.3, -0.25) is 14.6 Å². The molecule has 2 heterocycles. The van der Waals surface area contributed by atoms with Gasteiger partial charge in [0.25, 0.3) is 11.8 Å². The van der Waals surface area contributed by atoms with Crippen molar-refractivity contribution in [1.29, 1.82) is 0 Å². The minimum Gasteiger partial charge on any atom is -0.376 e. The fraction of sp³-hybridized carbons (Fsp3) is 0.316. The fourth-order valence-corrected chi connectivity index (χ4v) is 2.99. The molecular formula is C19H20ClN3O3. The van der Waals surface area contributed by atoms with Crippen LogP contribution in [0.25, 0.3) is 0 Å². The summed E-state index contributed by atoms with van der Waals surface area (Å²) in [5.74, 6) is -0.635. The minimum absolute atomic E-state index is 0.0540. The lowest BCUT2D eigenvalue weighted by atomic mass is 10.1. The van der Waals surface area contributed by atoms with Gasteiger partial charge in [0.05, 0.1) is 6.10 Å². The third-order valence-electron chi connectivity index (χ3n) is 4.21. The molecular weight excluding hydrogens is 354 g/mol. The Kier molecular flexibility index (Phi) is 5.85. The Morgan fingerprint density at radius 2 is 2.12 bits per heavy atom. The molecule has 6 nitrogen and oxygen atoms in total. The fourth-order valence-electron chi connectivity index (χ4n) is 2.76. The average molecular weight is 374 g/mol. The van der Waals surface area contributed by atoms with Gasteiger partial charge in [-0.25, -0.2) is 0 Å². The van der Waals surface area contributed by atoms with Crippen molar-refractivity contribution in [3.8, 4) is 0 Å². The van der Waals surface area contributed by atoms with Crippen molar-refractivity contribution in [3.05, 3.63) is 58.4 Å². The monoisotopic (exact) mass is 373 g/mol. The predicted molar refractivity (Wildman–Crippen MR) is 99.7 cm³/mol. The van der Waals surface area contributed by atoms with E-state index in [4.69, 9.17) is 16.3 Å². The van der Waals surface area contributed by atoms with Crippen molar-refractivity contribution in [2.75, 3.05) is 18.5 Å². The maximum atomic E-state index is 12.5. The van der Waals surface area contributed by atoms with E-state index in [2.05, 4.69) is 15.6 Å². The summed E-state index contributed by atoms with van der Waals surface area (Å²) in [6.07, 6.45) is 3.46. The van der Waals surface area contributed by atoms with Crippen LogP contribution in [-0.4, -0.2) is 36.1 Å². The molecule has 2 aromatic rings. The van der Waals surface area contributed by atoms with Crippen LogP contribution < -0.4 is 10.6 Å². The van der Waals surface area contributed by atoms with E-state index in [-0.39, 0.29) is 23.6 Å². The third-order valence-corrected chi connectivity index (χ3v) is 4.44. The molecule has 1 aliphatic heterocycles. The summed E-state index contributed by atoms with van der Waals surface area (Å²) in [5.41, 5.74) is 2.08. The van der Waals surface area contributed by atoms with Crippen molar-refractivity contribution in [3.63, 3.8) is 0 Å². The molecule has 7 heteroatoms. The van der Waals surface area contributed by atoms with Crippen molar-refractivity contribution in [1.82, 2.24) is 10.3 Å². The quantitative estimate of drug-likeness (QED) is 0.843. The van der Waals surface area contributed by atoms with Crippen molar-refractivity contribution in [2.24, 2.45) is 0 Å². The molecule has 2 N–H and O–H groups in total. The average Bonchev–Trinajstić information content (AvgIpc) is 3.15. The Balaban J connectivity index is 1.65. The number of pyridine rings is 1. The predicted octanol–water partition coefficient (Wildman–Crippen LogP) is 3.20. The Labute approximate surface area is 156 Å². The van der Waals surface area contributed by atoms with Gasteiger partial charge in [-0.15, -0.1) is 0 Å². The summed E-state index contributed by atoms with van der Waals surface area (Å²) in [5, 5.41) is 6.22. The zero-order chi connectivity index (χ0) is 18.5. The maximum absolute atomic E-state index is 12.5. The van der Waals surface area contributed by atoms with Gasteiger partial charge in [0.2, 0.25) is 0 Å². The molecule has 1 unspecified atom stereocenters. The summed E-state index contributed by atoms with van der Waals surface area (Å²) in [7, 11) is 0. The molecule has 2 amide bonds. The van der Waals surface area contributed by atoms with Crippen molar-refractivity contribution >= 4 is 29.1 Å². The number of aryl methyl sites for hydroxylation is 1. The molecule has 0 radical (unpaired) electrons. The standard InChI is InChI=1S/C19H20ClN3O3/c1-12-9-14(20)4-5-16(12)23-18(24)13-6-7-21-17(10-13)19(25)22-11-15-3-2-8-26-15/h4-7,9-10,15H,2-3,8,11H2,1H3,(H,22,25)(H,23,24). The number of nitrogens with zero attached hydrogens (tertiary/aromatic N) is 1. The van der Waals surface area contributed by atoms with E-state index in [1.165, 1.54) is 12.3 Å². The third kappa shape index (κ3) is 4.59. The smallest absolute Gasteiger partial charge is 0.269 e. The normalized spacial score (nSPS) is 16.3. The summed E-state index contributed by atoms with van der Waals surface area (Å²) in [4.78, 5) is 28.8. The molecule has 0 aliphatic carbocycles. The van der Waals surface area contributed by atoms with Crippen LogP contribution in [0.3, 0.4) is 0 Å². The molecule has 0 spiro atoms. The van der Waals surface area contributed by atoms with E-state index in [0.29, 0.717) is 22.8 Å². The molecule has 136 valence electrons. The molecule has 1 aromatic carbocycles. The number of aromatic nitrogens is 1. The van der Waals surface area contributed by atoms with Crippen molar-refractivity contribution < 1.29 is 14.3 Å². The van der Waals surface area contributed by atoms with Crippen molar-refractivity contribution in [2.45, 2.75) is 25.9 Å². The lowest BCUT2D eigenvalue weighted by Crippen LogP contribution is -2.32. The maximum Gasteiger partial charge on any atom is 0.269 e. The number of benzene rings is 1. The molecule has 3 rings (SSSR count). The number of hydrogen-bond acceptors (Lipinski definition) is 4. The van der Waals surface area contributed by atoms with E-state index in [1.807, 2.05) is 6.92 Å². The SMILES string of the molecule is Cc1cc(Cl)ccc1NC(=O)c1ccnc(C(=O)NCC2CCCO2)c1. The number of halogens is 1. The number of carbonyl (C=O) groups excluding carboxylic acids is 2. The number of nitrogens with one attached hydrogen (secondary N) is 2. The number of ether oxygens (including phenoxy) is 1. The molecule has 0 saturated carbocycles. The zero-order valence-electron chi connectivity index (χ0n) is 14.4. The number of amides is 2. The molecule has 1 aromatic heterocycles. The molecule has 1 atom stereocenters. The van der Waals surface area contributed by atoms with Crippen LogP contribution in [0.1, 0.15) is 39.3 Å². The molecule has 0 bridgehead atoms. The highest BCUT2D eigenvalue weighted by molar-refractivity contribution is 6.30. The first-order chi connectivity index (χ1) is 12.5. The number of anilines is 1. The van der Waals surface area contributed by atoms with Crippen LogP contribution in [0.5, 0.6) is 0 Å². The van der Waals surface area contributed by atoms with E-state index in [1.54, 1.807) is 24.3 Å². The van der Waals surface area contributed by atoms with Gasteiger partial charge in [-0.2, -0.15) is 0 Å². The zero-order valence-corrected chi connectivity index (χ0v) is 15.2. The molecule has 1 fully saturated rings. The van der Waals surface area contributed by atoms with Gasteiger partial charge in [0, 0.05) is 35.6 Å². The summed E-state index contributed by atoms with van der Waals surface area (Å²) < 4.78 is 5.48. The Bertz CT molecular complexity index is 819. The first-order valence-electron chi connectivity index (χ1n) is 8.46. The van der Waals surface area contributed by atoms with E-state index in [9.17, 15) is 9.59 Å². The molecule has 1 saturated heterocycles. The van der Waals surface area contributed by atoms with Gasteiger partial charge in [-0.05, 0) is 55.7 Å². The minimum atomic E-state index is -0.321. The number of hydrogen-bond donors (Lipinski definition) is 2. The Morgan fingerprint density at radius 3 is 2.85 bits per heavy atom. The second-order valence-electron chi connectivity index (χ2n) is 6.19. The Morgan fingerprint density at radius 1 is 1.27 bits per heavy atom. The van der Waals surface area contributed by atoms with Crippen LogP contribution in [0.4, 0.5) is 5.69 Å². The van der Waals surface area contributed by atoms with Gasteiger partial charge in [0.15, 0.2) is 0 Å².